The lowest BCUT2D eigenvalue weighted by Gasteiger charge is -2.18. The van der Waals surface area contributed by atoms with E-state index in [9.17, 15) is 9.59 Å². The molecule has 0 fully saturated rings. The summed E-state index contributed by atoms with van der Waals surface area (Å²) >= 11 is 5.96. The van der Waals surface area contributed by atoms with Gasteiger partial charge in [0.1, 0.15) is 6.61 Å². The van der Waals surface area contributed by atoms with Crippen molar-refractivity contribution >= 4 is 23.9 Å². The van der Waals surface area contributed by atoms with E-state index in [0.29, 0.717) is 11.8 Å². The Kier molecular flexibility index (Phi) is 4.26. The van der Waals surface area contributed by atoms with Gasteiger partial charge in [-0.3, -0.25) is 0 Å². The molecule has 16 heavy (non-hydrogen) atoms. The lowest BCUT2D eigenvalue weighted by atomic mass is 10.00. The molecule has 4 heteroatoms. The Hall–Kier alpha value is -1.61. The number of hydrogen-bond acceptors (Lipinski definition) is 3. The van der Waals surface area contributed by atoms with Crippen molar-refractivity contribution in [3.63, 3.8) is 0 Å². The molecule has 1 atom stereocenters. The number of carbonyl (C=O) groups is 2. The van der Waals surface area contributed by atoms with Crippen molar-refractivity contribution in [3.05, 3.63) is 48.6 Å². The second kappa shape index (κ2) is 5.47. The van der Waals surface area contributed by atoms with Gasteiger partial charge in [0, 0.05) is 0 Å². The van der Waals surface area contributed by atoms with Crippen molar-refractivity contribution in [1.82, 2.24) is 0 Å². The normalized spacial score (nSPS) is 13.6. The molecular formula is C12H11ClO3. The molecule has 0 heterocycles. The molecule has 1 rings (SSSR count). The van der Waals surface area contributed by atoms with Gasteiger partial charge in [0.2, 0.25) is 4.87 Å². The molecule has 0 aliphatic carbocycles. The van der Waals surface area contributed by atoms with Crippen LogP contribution in [-0.4, -0.2) is 18.9 Å². The summed E-state index contributed by atoms with van der Waals surface area (Å²) in [7, 11) is 0. The Morgan fingerprint density at radius 1 is 1.44 bits per heavy atom. The van der Waals surface area contributed by atoms with Gasteiger partial charge in [-0.25, -0.2) is 4.79 Å². The van der Waals surface area contributed by atoms with Crippen LogP contribution in [0.1, 0.15) is 5.56 Å². The van der Waals surface area contributed by atoms with E-state index in [1.165, 1.54) is 6.08 Å². The van der Waals surface area contributed by atoms with E-state index in [1.54, 1.807) is 30.3 Å². The Bertz CT molecular complexity index is 389. The lowest BCUT2D eigenvalue weighted by Crippen LogP contribution is -2.33. The van der Waals surface area contributed by atoms with Crippen molar-refractivity contribution in [3.8, 4) is 0 Å². The first-order valence-electron chi connectivity index (χ1n) is 4.64. The van der Waals surface area contributed by atoms with E-state index in [1.807, 2.05) is 0 Å². The average Bonchev–Trinajstić information content (AvgIpc) is 2.35. The third kappa shape index (κ3) is 2.49. The average molecular weight is 239 g/mol. The molecule has 0 saturated heterocycles. The maximum Gasteiger partial charge on any atom is 0.339 e. The molecule has 1 unspecified atom stereocenters. The van der Waals surface area contributed by atoms with E-state index in [4.69, 9.17) is 16.3 Å². The van der Waals surface area contributed by atoms with Crippen molar-refractivity contribution in [2.75, 3.05) is 6.61 Å². The maximum atomic E-state index is 11.6. The first kappa shape index (κ1) is 12.5. The Morgan fingerprint density at radius 3 is 2.56 bits per heavy atom. The summed E-state index contributed by atoms with van der Waals surface area (Å²) in [6.07, 6.45) is 1.78. The molecule has 0 aromatic heterocycles. The molecule has 0 spiro atoms. The van der Waals surface area contributed by atoms with Gasteiger partial charge in [-0.15, -0.1) is 0 Å². The van der Waals surface area contributed by atoms with Crippen LogP contribution in [0.4, 0.5) is 0 Å². The summed E-state index contributed by atoms with van der Waals surface area (Å²) in [6.45, 7) is 3.43. The van der Waals surface area contributed by atoms with Crippen molar-refractivity contribution < 1.29 is 14.3 Å². The monoisotopic (exact) mass is 238 g/mol. The highest BCUT2D eigenvalue weighted by Gasteiger charge is 2.39. The van der Waals surface area contributed by atoms with Crippen LogP contribution in [0.2, 0.25) is 0 Å². The van der Waals surface area contributed by atoms with Crippen LogP contribution < -0.4 is 0 Å². The van der Waals surface area contributed by atoms with Crippen LogP contribution in [0.3, 0.4) is 0 Å². The first-order valence-corrected chi connectivity index (χ1v) is 5.02. The number of rotatable bonds is 5. The Balaban J connectivity index is 2.98. The molecule has 0 N–H and O–H groups in total. The highest BCUT2D eigenvalue weighted by atomic mass is 35.5. The second-order valence-electron chi connectivity index (χ2n) is 3.08. The van der Waals surface area contributed by atoms with Crippen LogP contribution in [0.5, 0.6) is 0 Å². The Morgan fingerprint density at radius 2 is 2.06 bits per heavy atom. The number of halogens is 1. The van der Waals surface area contributed by atoms with Gasteiger partial charge in [0.15, 0.2) is 6.29 Å². The molecule has 0 amide bonds. The summed E-state index contributed by atoms with van der Waals surface area (Å²) in [5, 5.41) is 0. The number of aldehydes is 1. The van der Waals surface area contributed by atoms with Gasteiger partial charge in [-0.05, 0) is 5.56 Å². The van der Waals surface area contributed by atoms with E-state index >= 15 is 0 Å². The zero-order valence-corrected chi connectivity index (χ0v) is 9.31. The number of esters is 1. The fraction of sp³-hybridized carbons (Fsp3) is 0.167. The summed E-state index contributed by atoms with van der Waals surface area (Å²) in [4.78, 5) is 20.8. The van der Waals surface area contributed by atoms with Gasteiger partial charge >= 0.3 is 5.97 Å². The predicted octanol–water partition coefficient (Wildman–Crippen LogP) is 2.05. The highest BCUT2D eigenvalue weighted by Crippen LogP contribution is 2.28. The zero-order chi connectivity index (χ0) is 12.0. The Labute approximate surface area is 98.7 Å². The number of alkyl halides is 1. The molecule has 0 saturated carbocycles. The minimum atomic E-state index is -1.77. The van der Waals surface area contributed by atoms with Crippen molar-refractivity contribution in [1.29, 1.82) is 0 Å². The van der Waals surface area contributed by atoms with E-state index in [-0.39, 0.29) is 6.61 Å². The van der Waals surface area contributed by atoms with Gasteiger partial charge < -0.3 is 9.53 Å². The quantitative estimate of drug-likeness (QED) is 0.259. The molecule has 1 aromatic rings. The number of benzene rings is 1. The molecule has 1 aromatic carbocycles. The van der Waals surface area contributed by atoms with Gasteiger partial charge in [-0.2, -0.15) is 0 Å². The van der Waals surface area contributed by atoms with Crippen LogP contribution in [0.25, 0.3) is 0 Å². The number of hydrogen-bond donors (Lipinski definition) is 0. The van der Waals surface area contributed by atoms with Crippen molar-refractivity contribution in [2.24, 2.45) is 0 Å². The highest BCUT2D eigenvalue weighted by molar-refractivity contribution is 6.42. The van der Waals surface area contributed by atoms with Gasteiger partial charge in [-0.1, -0.05) is 54.6 Å². The third-order valence-corrected chi connectivity index (χ3v) is 2.45. The van der Waals surface area contributed by atoms with E-state index < -0.39 is 10.8 Å². The van der Waals surface area contributed by atoms with Gasteiger partial charge in [0.05, 0.1) is 0 Å². The summed E-state index contributed by atoms with van der Waals surface area (Å²) < 4.78 is 4.78. The standard InChI is InChI=1S/C12H11ClO3/c1-2-8-16-11(15)12(13,9-14)10-6-4-3-5-7-10/h2-7,9H,1,8H2. The van der Waals surface area contributed by atoms with Gasteiger partial charge in [0.25, 0.3) is 0 Å². The van der Waals surface area contributed by atoms with Crippen LogP contribution in [0.15, 0.2) is 43.0 Å². The molecule has 0 aliphatic rings. The molecule has 0 aliphatic heterocycles. The molecule has 84 valence electrons. The van der Waals surface area contributed by atoms with Crippen molar-refractivity contribution in [2.45, 2.75) is 4.87 Å². The van der Waals surface area contributed by atoms with Crippen LogP contribution in [0, 0.1) is 0 Å². The molecule has 3 nitrogen and oxygen atoms in total. The smallest absolute Gasteiger partial charge is 0.339 e. The zero-order valence-electron chi connectivity index (χ0n) is 8.56. The lowest BCUT2D eigenvalue weighted by molar-refractivity contribution is -0.147. The largest absolute Gasteiger partial charge is 0.460 e. The molecular weight excluding hydrogens is 228 g/mol. The number of ether oxygens (including phenoxy) is 1. The predicted molar refractivity (Wildman–Crippen MR) is 61.2 cm³/mol. The number of carbonyl (C=O) groups excluding carboxylic acids is 2. The summed E-state index contributed by atoms with van der Waals surface area (Å²) in [6, 6.07) is 8.33. The van der Waals surface area contributed by atoms with Crippen LogP contribution in [-0.2, 0) is 19.2 Å². The topological polar surface area (TPSA) is 43.4 Å². The minimum absolute atomic E-state index is 0.0218. The molecule has 0 radical (unpaired) electrons. The first-order chi connectivity index (χ1) is 7.65. The fourth-order valence-electron chi connectivity index (χ4n) is 1.15. The fourth-order valence-corrected chi connectivity index (χ4v) is 1.33. The second-order valence-corrected chi connectivity index (χ2v) is 3.68. The maximum absolute atomic E-state index is 11.6. The van der Waals surface area contributed by atoms with Crippen LogP contribution >= 0.6 is 11.6 Å². The SMILES string of the molecule is C=CCOC(=O)C(Cl)(C=O)c1ccccc1. The third-order valence-electron chi connectivity index (χ3n) is 1.99. The summed E-state index contributed by atoms with van der Waals surface area (Å²) in [5.41, 5.74) is 0.390. The molecule has 0 bridgehead atoms. The minimum Gasteiger partial charge on any atom is -0.460 e. The van der Waals surface area contributed by atoms with E-state index in [2.05, 4.69) is 6.58 Å². The van der Waals surface area contributed by atoms with E-state index in [0.717, 1.165) is 0 Å². The summed E-state index contributed by atoms with van der Waals surface area (Å²) in [5.74, 6) is -0.796.